The molecule has 0 unspecified atom stereocenters. The summed E-state index contributed by atoms with van der Waals surface area (Å²) in [5.41, 5.74) is 25.2. The molecule has 5 aliphatic rings. The fourth-order valence-corrected chi connectivity index (χ4v) is 12.4. The van der Waals surface area contributed by atoms with E-state index in [1.54, 1.807) is 0 Å². The number of nitrogens with zero attached hydrogens (tertiary/aromatic N) is 2. The van der Waals surface area contributed by atoms with Crippen LogP contribution in [0.5, 0.6) is 0 Å². The van der Waals surface area contributed by atoms with Crippen LogP contribution >= 0.6 is 0 Å². The number of anilines is 5. The zero-order valence-corrected chi connectivity index (χ0v) is 39.7. The van der Waals surface area contributed by atoms with Crippen molar-refractivity contribution in [3.8, 4) is 22.3 Å². The van der Waals surface area contributed by atoms with Crippen LogP contribution in [-0.4, -0.2) is 6.85 Å². The van der Waals surface area contributed by atoms with Gasteiger partial charge >= 0.3 is 6.85 Å². The Labute approximate surface area is 372 Å². The Hall–Kier alpha value is -5.02. The highest BCUT2D eigenvalue weighted by Crippen LogP contribution is 2.59. The molecule has 0 saturated carbocycles. The van der Waals surface area contributed by atoms with Gasteiger partial charge in [0, 0.05) is 33.7 Å². The van der Waals surface area contributed by atoms with Crippen molar-refractivity contribution in [2.75, 3.05) is 9.71 Å². The van der Waals surface area contributed by atoms with Crippen LogP contribution in [-0.2, 0) is 32.5 Å². The Morgan fingerprint density at radius 1 is 0.468 bits per heavy atom. The molecule has 6 aromatic carbocycles. The molecule has 0 aromatic heterocycles. The monoisotopic (exact) mass is 813 g/mol. The van der Waals surface area contributed by atoms with Gasteiger partial charge in [0.15, 0.2) is 0 Å². The number of rotatable bonds is 2. The van der Waals surface area contributed by atoms with Crippen LogP contribution in [0.1, 0.15) is 155 Å². The number of fused-ring (bicyclic) bond motifs is 8. The molecular weight excluding hydrogens is 747 g/mol. The minimum Gasteiger partial charge on any atom is -0.376 e. The molecule has 6 aromatic rings. The summed E-state index contributed by atoms with van der Waals surface area (Å²) in [6.07, 6.45) is 4.77. The molecular formula is C59H65BN2. The standard InChI is InChI=1S/C59H65BN2/c1-54(2,3)38-30-41-40-32-43-45(57(8,9)28-26-55(43,4)5)34-49(40)62(39-24-22-37(23-25-39)36-18-15-14-16-19-36)60-48-21-17-20-42-53(48)61(51(31-38)52(41)60)50-35-46-44(33-47(50)59(42,12)13)56(6,7)27-29-58(46,10)11/h14-25,30-35H,26-29H2,1-13H3. The summed E-state index contributed by atoms with van der Waals surface area (Å²) in [6.45, 7) is 32.0. The normalized spacial score (nSPS) is 20.0. The van der Waals surface area contributed by atoms with Crippen molar-refractivity contribution in [3.63, 3.8) is 0 Å². The number of para-hydroxylation sites is 1. The fraction of sp³-hybridized carbons (Fsp3) is 0.390. The van der Waals surface area contributed by atoms with E-state index >= 15 is 0 Å². The zero-order chi connectivity index (χ0) is 43.7. The van der Waals surface area contributed by atoms with Crippen LogP contribution < -0.4 is 20.6 Å². The third kappa shape index (κ3) is 5.48. The van der Waals surface area contributed by atoms with E-state index in [0.29, 0.717) is 0 Å². The van der Waals surface area contributed by atoms with Crippen molar-refractivity contribution >= 4 is 46.2 Å². The van der Waals surface area contributed by atoms with E-state index in [0.717, 1.165) is 0 Å². The highest BCUT2D eigenvalue weighted by atomic mass is 15.2. The summed E-state index contributed by atoms with van der Waals surface area (Å²) >= 11 is 0. The fourth-order valence-electron chi connectivity index (χ4n) is 12.4. The molecule has 0 N–H and O–H groups in total. The molecule has 3 aliphatic heterocycles. The Bertz CT molecular complexity index is 2860. The maximum atomic E-state index is 2.75. The van der Waals surface area contributed by atoms with E-state index in [2.05, 4.69) is 209 Å². The van der Waals surface area contributed by atoms with Gasteiger partial charge in [0.1, 0.15) is 0 Å². The van der Waals surface area contributed by atoms with E-state index in [-0.39, 0.29) is 39.3 Å². The third-order valence-corrected chi connectivity index (χ3v) is 16.7. The molecule has 0 spiro atoms. The Morgan fingerprint density at radius 2 is 1.02 bits per heavy atom. The van der Waals surface area contributed by atoms with Crippen LogP contribution in [0.15, 0.2) is 109 Å². The van der Waals surface area contributed by atoms with Crippen LogP contribution in [0.4, 0.5) is 28.4 Å². The average molecular weight is 813 g/mol. The topological polar surface area (TPSA) is 6.48 Å². The van der Waals surface area contributed by atoms with Gasteiger partial charge in [-0.25, -0.2) is 0 Å². The third-order valence-electron chi connectivity index (χ3n) is 16.7. The number of hydrogen-bond donors (Lipinski definition) is 0. The largest absolute Gasteiger partial charge is 0.376 e. The second-order valence-electron chi connectivity index (χ2n) is 24.0. The molecule has 11 rings (SSSR count). The first-order valence-electron chi connectivity index (χ1n) is 23.6. The van der Waals surface area contributed by atoms with Gasteiger partial charge in [0.25, 0.3) is 0 Å². The highest BCUT2D eigenvalue weighted by molar-refractivity contribution is 6.93. The number of benzene rings is 6. The van der Waals surface area contributed by atoms with E-state index in [1.165, 1.54) is 126 Å². The molecule has 2 nitrogen and oxygen atoms in total. The maximum Gasteiger partial charge on any atom is 0.333 e. The predicted octanol–water partition coefficient (Wildman–Crippen LogP) is 14.7. The minimum absolute atomic E-state index is 0.0154. The van der Waals surface area contributed by atoms with Crippen LogP contribution in [0.3, 0.4) is 0 Å². The van der Waals surface area contributed by atoms with Gasteiger partial charge in [-0.05, 0) is 156 Å². The first-order chi connectivity index (χ1) is 29.1. The van der Waals surface area contributed by atoms with Crippen LogP contribution in [0.25, 0.3) is 22.3 Å². The lowest BCUT2D eigenvalue weighted by Crippen LogP contribution is -2.62. The predicted molar refractivity (Wildman–Crippen MR) is 267 cm³/mol. The van der Waals surface area contributed by atoms with Gasteiger partial charge in [-0.15, -0.1) is 0 Å². The quantitative estimate of drug-likeness (QED) is 0.161. The molecule has 3 heteroatoms. The van der Waals surface area contributed by atoms with Crippen LogP contribution in [0.2, 0.25) is 0 Å². The van der Waals surface area contributed by atoms with Crippen molar-refractivity contribution in [2.45, 2.75) is 148 Å². The Morgan fingerprint density at radius 3 is 1.61 bits per heavy atom. The molecule has 0 atom stereocenters. The van der Waals surface area contributed by atoms with Gasteiger partial charge in [-0.1, -0.05) is 163 Å². The van der Waals surface area contributed by atoms with Crippen molar-refractivity contribution in [1.82, 2.24) is 0 Å². The van der Waals surface area contributed by atoms with E-state index in [1.807, 2.05) is 0 Å². The highest BCUT2D eigenvalue weighted by Gasteiger charge is 2.52. The molecule has 0 radical (unpaired) electrons. The summed E-state index contributed by atoms with van der Waals surface area (Å²) in [5.74, 6) is 0. The summed E-state index contributed by atoms with van der Waals surface area (Å²) in [6, 6.07) is 43.4. The Kier molecular flexibility index (Phi) is 8.08. The molecule has 0 saturated heterocycles. The minimum atomic E-state index is -0.199. The van der Waals surface area contributed by atoms with Crippen LogP contribution in [0, 0.1) is 0 Å². The summed E-state index contributed by atoms with van der Waals surface area (Å²) < 4.78 is 0. The van der Waals surface area contributed by atoms with Crippen molar-refractivity contribution in [1.29, 1.82) is 0 Å². The van der Waals surface area contributed by atoms with Crippen molar-refractivity contribution in [2.24, 2.45) is 0 Å². The lowest BCUT2D eigenvalue weighted by molar-refractivity contribution is 0.331. The molecule has 0 bridgehead atoms. The van der Waals surface area contributed by atoms with Gasteiger partial charge in [-0.3, -0.25) is 0 Å². The molecule has 2 aliphatic carbocycles. The lowest BCUT2D eigenvalue weighted by Gasteiger charge is -2.52. The molecule has 62 heavy (non-hydrogen) atoms. The average Bonchev–Trinajstić information content (AvgIpc) is 3.23. The first-order valence-corrected chi connectivity index (χ1v) is 23.6. The zero-order valence-electron chi connectivity index (χ0n) is 39.7. The second kappa shape index (κ2) is 12.6. The molecule has 0 amide bonds. The van der Waals surface area contributed by atoms with Crippen molar-refractivity contribution in [3.05, 3.63) is 148 Å². The van der Waals surface area contributed by atoms with E-state index in [4.69, 9.17) is 0 Å². The SMILES string of the molecule is CC(C)(C)c1cc2c3c(c1)N1c4cc5c(cc4C(C)(C)c4cccc(c41)B3N(c1ccc(-c3ccccc3)cc1)c1cc3c(cc1-2)C(C)(C)CCC3(C)C)C(C)(C)CCC5(C)C. The van der Waals surface area contributed by atoms with Gasteiger partial charge < -0.3 is 9.71 Å². The smallest absolute Gasteiger partial charge is 0.333 e. The maximum absolute atomic E-state index is 2.75. The second-order valence-corrected chi connectivity index (χ2v) is 24.0. The van der Waals surface area contributed by atoms with Gasteiger partial charge in [0.05, 0.1) is 5.69 Å². The number of hydrogen-bond acceptors (Lipinski definition) is 2. The van der Waals surface area contributed by atoms with Gasteiger partial charge in [0.2, 0.25) is 0 Å². The van der Waals surface area contributed by atoms with Gasteiger partial charge in [-0.2, -0.15) is 0 Å². The molecule has 0 fully saturated rings. The Balaban J connectivity index is 1.27. The molecule has 3 heterocycles. The molecule has 314 valence electrons. The summed E-state index contributed by atoms with van der Waals surface area (Å²) in [4.78, 5) is 5.50. The lowest BCUT2D eigenvalue weighted by atomic mass is 9.42. The van der Waals surface area contributed by atoms with E-state index < -0.39 is 0 Å². The van der Waals surface area contributed by atoms with Crippen molar-refractivity contribution < 1.29 is 0 Å². The summed E-state index contributed by atoms with van der Waals surface area (Å²) in [7, 11) is 0. The van der Waals surface area contributed by atoms with E-state index in [9.17, 15) is 0 Å². The summed E-state index contributed by atoms with van der Waals surface area (Å²) in [5, 5.41) is 0. The first kappa shape index (κ1) is 39.8.